The second-order valence-electron chi connectivity index (χ2n) is 6.14. The lowest BCUT2D eigenvalue weighted by Gasteiger charge is -2.45. The summed E-state index contributed by atoms with van der Waals surface area (Å²) in [7, 11) is 0. The van der Waals surface area contributed by atoms with Gasteiger partial charge in [0.25, 0.3) is 0 Å². The Bertz CT molecular complexity index is 449. The van der Waals surface area contributed by atoms with Crippen molar-refractivity contribution in [1.82, 2.24) is 0 Å². The van der Waals surface area contributed by atoms with E-state index in [0.29, 0.717) is 5.57 Å². The molecule has 3 rings (SSSR count). The van der Waals surface area contributed by atoms with Crippen molar-refractivity contribution < 1.29 is 14.6 Å². The smallest absolute Gasteiger partial charge is 0.334 e. The normalized spacial score (nSPS) is 39.4. The molecule has 1 aliphatic heterocycles. The first kappa shape index (κ1) is 12.0. The molecule has 1 heterocycles. The van der Waals surface area contributed by atoms with Gasteiger partial charge in [0.2, 0.25) is 0 Å². The second kappa shape index (κ2) is 3.95. The lowest BCUT2D eigenvalue weighted by atomic mass is 9.60. The first-order valence-electron chi connectivity index (χ1n) is 6.77. The number of carbonyl (C=O) groups is 1. The number of hydrogen-bond acceptors (Lipinski definition) is 3. The summed E-state index contributed by atoms with van der Waals surface area (Å²) in [5, 5.41) is 9.52. The molecule has 18 heavy (non-hydrogen) atoms. The van der Waals surface area contributed by atoms with Gasteiger partial charge in [0.1, 0.15) is 6.10 Å². The van der Waals surface area contributed by atoms with Gasteiger partial charge in [0, 0.05) is 11.5 Å². The van der Waals surface area contributed by atoms with Gasteiger partial charge in [-0.1, -0.05) is 19.1 Å². The highest BCUT2D eigenvalue weighted by atomic mass is 16.6. The Morgan fingerprint density at radius 1 is 1.56 bits per heavy atom. The molecule has 0 aromatic carbocycles. The minimum absolute atomic E-state index is 0.0109. The van der Waals surface area contributed by atoms with Gasteiger partial charge in [-0.05, 0) is 43.1 Å². The van der Waals surface area contributed by atoms with E-state index in [4.69, 9.17) is 4.74 Å². The molecule has 2 aliphatic carbocycles. The number of aliphatic hydroxyl groups is 1. The molecule has 3 unspecified atom stereocenters. The number of carbonyl (C=O) groups excluding carboxylic acids is 1. The molecule has 0 aromatic heterocycles. The zero-order valence-electron chi connectivity index (χ0n) is 10.9. The Morgan fingerprint density at radius 3 is 3.06 bits per heavy atom. The predicted molar refractivity (Wildman–Crippen MR) is 67.8 cm³/mol. The molecular weight excluding hydrogens is 228 g/mol. The summed E-state index contributed by atoms with van der Waals surface area (Å²) in [4.78, 5) is 11.6. The molecule has 1 saturated heterocycles. The van der Waals surface area contributed by atoms with E-state index in [1.54, 1.807) is 0 Å². The Labute approximate surface area is 108 Å². The maximum atomic E-state index is 11.6. The van der Waals surface area contributed by atoms with E-state index in [1.807, 2.05) is 0 Å². The van der Waals surface area contributed by atoms with Gasteiger partial charge >= 0.3 is 5.97 Å². The molecule has 1 saturated carbocycles. The maximum Gasteiger partial charge on any atom is 0.334 e. The second-order valence-corrected chi connectivity index (χ2v) is 6.14. The molecule has 3 nitrogen and oxygen atoms in total. The van der Waals surface area contributed by atoms with Crippen molar-refractivity contribution in [2.24, 2.45) is 11.3 Å². The van der Waals surface area contributed by atoms with Crippen LogP contribution in [0.25, 0.3) is 0 Å². The molecule has 0 aromatic rings. The van der Waals surface area contributed by atoms with E-state index >= 15 is 0 Å². The van der Waals surface area contributed by atoms with Crippen molar-refractivity contribution in [2.75, 3.05) is 6.61 Å². The fourth-order valence-electron chi connectivity index (χ4n) is 3.98. The van der Waals surface area contributed by atoms with E-state index < -0.39 is 0 Å². The minimum atomic E-state index is -0.224. The van der Waals surface area contributed by atoms with Crippen LogP contribution in [0.1, 0.15) is 39.0 Å². The number of fused-ring (bicyclic) bond motifs is 2. The van der Waals surface area contributed by atoms with Gasteiger partial charge in [-0.3, -0.25) is 0 Å². The Balaban J connectivity index is 1.99. The summed E-state index contributed by atoms with van der Waals surface area (Å²) in [6.07, 6.45) is 5.02. The molecule has 0 radical (unpaired) electrons. The zero-order valence-corrected chi connectivity index (χ0v) is 10.9. The largest absolute Gasteiger partial charge is 0.458 e. The quantitative estimate of drug-likeness (QED) is 0.440. The van der Waals surface area contributed by atoms with Crippen LogP contribution in [-0.4, -0.2) is 23.8 Å². The van der Waals surface area contributed by atoms with Gasteiger partial charge in [0.05, 0.1) is 6.61 Å². The van der Waals surface area contributed by atoms with Gasteiger partial charge in [-0.2, -0.15) is 0 Å². The summed E-state index contributed by atoms with van der Waals surface area (Å²) in [6, 6.07) is 0. The van der Waals surface area contributed by atoms with Crippen molar-refractivity contribution in [3.63, 3.8) is 0 Å². The summed E-state index contributed by atoms with van der Waals surface area (Å²) in [5.74, 6) is -0.0846. The first-order valence-corrected chi connectivity index (χ1v) is 6.77. The van der Waals surface area contributed by atoms with Gasteiger partial charge in [-0.15, -0.1) is 0 Å². The molecule has 3 heteroatoms. The van der Waals surface area contributed by atoms with Gasteiger partial charge < -0.3 is 9.84 Å². The van der Waals surface area contributed by atoms with E-state index in [-0.39, 0.29) is 30.0 Å². The predicted octanol–water partition coefficient (Wildman–Crippen LogP) is 2.36. The highest BCUT2D eigenvalue weighted by Crippen LogP contribution is 2.54. The van der Waals surface area contributed by atoms with Crippen LogP contribution in [0, 0.1) is 11.3 Å². The number of ether oxygens (including phenoxy) is 1. The lowest BCUT2D eigenvalue weighted by Crippen LogP contribution is -2.38. The van der Waals surface area contributed by atoms with E-state index in [9.17, 15) is 9.90 Å². The average molecular weight is 248 g/mol. The van der Waals surface area contributed by atoms with Gasteiger partial charge in [0.15, 0.2) is 0 Å². The number of esters is 1. The van der Waals surface area contributed by atoms with E-state index in [0.717, 1.165) is 32.1 Å². The number of rotatable bonds is 1. The Hall–Kier alpha value is -1.09. The van der Waals surface area contributed by atoms with Crippen LogP contribution in [0.3, 0.4) is 0 Å². The topological polar surface area (TPSA) is 46.5 Å². The lowest BCUT2D eigenvalue weighted by molar-refractivity contribution is -0.140. The molecule has 0 spiro atoms. The molecule has 0 bridgehead atoms. The fourth-order valence-corrected chi connectivity index (χ4v) is 3.98. The third kappa shape index (κ3) is 1.57. The fraction of sp³-hybridized carbons (Fsp3) is 0.667. The minimum Gasteiger partial charge on any atom is -0.458 e. The zero-order chi connectivity index (χ0) is 12.9. The first-order chi connectivity index (χ1) is 8.55. The van der Waals surface area contributed by atoms with Crippen LogP contribution in [0.5, 0.6) is 0 Å². The average Bonchev–Trinajstić information content (AvgIpc) is 2.60. The summed E-state index contributed by atoms with van der Waals surface area (Å²) in [5.41, 5.74) is 3.30. The standard InChI is InChI=1S/C15H20O3/c1-9-11-6-12-10(8-16)4-3-5-15(12,2)7-13(11)18-14(9)17/h11,13,16H,1,3-8H2,2H3. The number of allylic oxidation sites excluding steroid dienone is 1. The maximum absolute atomic E-state index is 11.6. The van der Waals surface area contributed by atoms with Crippen LogP contribution in [0.15, 0.2) is 23.3 Å². The van der Waals surface area contributed by atoms with Gasteiger partial charge in [-0.25, -0.2) is 4.79 Å². The summed E-state index contributed by atoms with van der Waals surface area (Å²) >= 11 is 0. The highest BCUT2D eigenvalue weighted by Gasteiger charge is 2.50. The third-order valence-corrected chi connectivity index (χ3v) is 5.05. The molecule has 3 aliphatic rings. The Kier molecular flexibility index (Phi) is 2.63. The van der Waals surface area contributed by atoms with Crippen LogP contribution >= 0.6 is 0 Å². The van der Waals surface area contributed by atoms with Crippen molar-refractivity contribution >= 4 is 5.97 Å². The van der Waals surface area contributed by atoms with Crippen LogP contribution in [-0.2, 0) is 9.53 Å². The molecular formula is C15H20O3. The number of hydrogen-bond donors (Lipinski definition) is 1. The van der Waals surface area contributed by atoms with Crippen molar-refractivity contribution in [3.05, 3.63) is 23.3 Å². The van der Waals surface area contributed by atoms with Crippen molar-refractivity contribution in [2.45, 2.75) is 45.1 Å². The molecule has 0 amide bonds. The third-order valence-electron chi connectivity index (χ3n) is 5.05. The van der Waals surface area contributed by atoms with Crippen LogP contribution < -0.4 is 0 Å². The SMILES string of the molecule is C=C1C(=O)OC2CC3(C)CCCC(CO)=C3CC12. The molecule has 1 N–H and O–H groups in total. The molecule has 3 atom stereocenters. The van der Waals surface area contributed by atoms with Crippen molar-refractivity contribution in [3.8, 4) is 0 Å². The molecule has 2 fully saturated rings. The van der Waals surface area contributed by atoms with Crippen molar-refractivity contribution in [1.29, 1.82) is 0 Å². The van der Waals surface area contributed by atoms with Crippen LogP contribution in [0.2, 0.25) is 0 Å². The molecule has 98 valence electrons. The Morgan fingerprint density at radius 2 is 2.33 bits per heavy atom. The van der Waals surface area contributed by atoms with E-state index in [1.165, 1.54) is 11.1 Å². The van der Waals surface area contributed by atoms with E-state index in [2.05, 4.69) is 13.5 Å². The summed E-state index contributed by atoms with van der Waals surface area (Å²) < 4.78 is 5.44. The highest BCUT2D eigenvalue weighted by molar-refractivity contribution is 5.91. The summed E-state index contributed by atoms with van der Waals surface area (Å²) in [6.45, 7) is 6.28. The number of aliphatic hydroxyl groups excluding tert-OH is 1. The van der Waals surface area contributed by atoms with Crippen LogP contribution in [0.4, 0.5) is 0 Å². The monoisotopic (exact) mass is 248 g/mol.